The van der Waals surface area contributed by atoms with Crippen molar-refractivity contribution < 1.29 is 0 Å². The summed E-state index contributed by atoms with van der Waals surface area (Å²) in [5.74, 6) is 0. The van der Waals surface area contributed by atoms with Crippen LogP contribution >= 0.6 is 13.5 Å². The maximum Gasteiger partial charge on any atom is -0.0351 e. The van der Waals surface area contributed by atoms with Gasteiger partial charge in [-0.15, -0.1) is 0 Å². The largest absolute Gasteiger partial charge is 0.197 e. The Kier molecular flexibility index (Phi) is 15.1. The molecule has 0 saturated heterocycles. The summed E-state index contributed by atoms with van der Waals surface area (Å²) in [5.41, 5.74) is 0. The molecular weight excluding hydrogens is 140 g/mol. The molecule has 0 radical (unpaired) electrons. The zero-order valence-electron chi connectivity index (χ0n) is 7.19. The fourth-order valence-corrected chi connectivity index (χ4v) is 0.856. The Balaban J connectivity index is 0. The summed E-state index contributed by atoms with van der Waals surface area (Å²) in [6.45, 7) is 4.33. The minimum Gasteiger partial charge on any atom is -0.197 e. The SMILES string of the molecule is CC=CCCCCCC.S. The van der Waals surface area contributed by atoms with E-state index in [2.05, 4.69) is 26.0 Å². The van der Waals surface area contributed by atoms with Crippen LogP contribution in [0.1, 0.15) is 46.0 Å². The Hall–Kier alpha value is 0.0900. The average Bonchev–Trinajstić information content (AvgIpc) is 1.89. The van der Waals surface area contributed by atoms with Crippen LogP contribution in [0.15, 0.2) is 12.2 Å². The van der Waals surface area contributed by atoms with Gasteiger partial charge in [0.05, 0.1) is 0 Å². The molecule has 62 valence electrons. The second-order valence-corrected chi connectivity index (χ2v) is 2.42. The van der Waals surface area contributed by atoms with Gasteiger partial charge in [0.15, 0.2) is 0 Å². The van der Waals surface area contributed by atoms with Gasteiger partial charge in [-0.25, -0.2) is 0 Å². The summed E-state index contributed by atoms with van der Waals surface area (Å²) >= 11 is 0. The van der Waals surface area contributed by atoms with E-state index >= 15 is 0 Å². The molecule has 0 fully saturated rings. The van der Waals surface area contributed by atoms with Crippen LogP contribution in [0.2, 0.25) is 0 Å². The predicted molar refractivity (Wildman–Crippen MR) is 54.0 cm³/mol. The Morgan fingerprint density at radius 3 is 2.30 bits per heavy atom. The predicted octanol–water partition coefficient (Wildman–Crippen LogP) is 3.65. The van der Waals surface area contributed by atoms with Crippen molar-refractivity contribution in [2.24, 2.45) is 0 Å². The van der Waals surface area contributed by atoms with Crippen molar-refractivity contribution in [3.05, 3.63) is 12.2 Å². The van der Waals surface area contributed by atoms with Gasteiger partial charge in [0.25, 0.3) is 0 Å². The van der Waals surface area contributed by atoms with Gasteiger partial charge in [-0.1, -0.05) is 38.3 Å². The van der Waals surface area contributed by atoms with Gasteiger partial charge >= 0.3 is 0 Å². The lowest BCUT2D eigenvalue weighted by Gasteiger charge is -1.92. The van der Waals surface area contributed by atoms with Crippen LogP contribution in [0.4, 0.5) is 0 Å². The first-order valence-corrected chi connectivity index (χ1v) is 4.03. The summed E-state index contributed by atoms with van der Waals surface area (Å²) in [6.07, 6.45) is 11.2. The minimum absolute atomic E-state index is 0. The molecule has 0 saturated carbocycles. The Labute approximate surface area is 72.2 Å². The van der Waals surface area contributed by atoms with Gasteiger partial charge < -0.3 is 0 Å². The summed E-state index contributed by atoms with van der Waals surface area (Å²) in [4.78, 5) is 0. The van der Waals surface area contributed by atoms with Crippen molar-refractivity contribution >= 4 is 13.5 Å². The second-order valence-electron chi connectivity index (χ2n) is 2.42. The van der Waals surface area contributed by atoms with Gasteiger partial charge in [-0.3, -0.25) is 0 Å². The molecule has 0 aromatic heterocycles. The molecule has 0 aromatic rings. The molecular formula is C9H20S. The van der Waals surface area contributed by atoms with E-state index in [0.717, 1.165) is 0 Å². The molecule has 0 nitrogen and oxygen atoms in total. The molecule has 0 unspecified atom stereocenters. The van der Waals surface area contributed by atoms with Crippen molar-refractivity contribution in [2.75, 3.05) is 0 Å². The van der Waals surface area contributed by atoms with Gasteiger partial charge in [-0.05, 0) is 19.8 Å². The van der Waals surface area contributed by atoms with Crippen LogP contribution in [0.5, 0.6) is 0 Å². The van der Waals surface area contributed by atoms with Crippen LogP contribution in [-0.2, 0) is 0 Å². The van der Waals surface area contributed by atoms with Crippen molar-refractivity contribution in [3.63, 3.8) is 0 Å². The molecule has 0 rings (SSSR count). The molecule has 0 aliphatic carbocycles. The molecule has 1 heteroatoms. The highest BCUT2D eigenvalue weighted by Crippen LogP contribution is 2.02. The highest BCUT2D eigenvalue weighted by Gasteiger charge is 1.82. The summed E-state index contributed by atoms with van der Waals surface area (Å²) in [5, 5.41) is 0. The number of unbranched alkanes of at least 4 members (excludes halogenated alkanes) is 4. The van der Waals surface area contributed by atoms with E-state index in [1.807, 2.05) is 0 Å². The van der Waals surface area contributed by atoms with Gasteiger partial charge in [0, 0.05) is 0 Å². The molecule has 0 amide bonds. The summed E-state index contributed by atoms with van der Waals surface area (Å²) in [7, 11) is 0. The van der Waals surface area contributed by atoms with E-state index < -0.39 is 0 Å². The first kappa shape index (κ1) is 12.7. The van der Waals surface area contributed by atoms with Crippen molar-refractivity contribution in [1.29, 1.82) is 0 Å². The molecule has 0 aliphatic heterocycles. The maximum atomic E-state index is 2.25. The number of hydrogen-bond donors (Lipinski definition) is 0. The lowest BCUT2D eigenvalue weighted by Crippen LogP contribution is -1.72. The molecule has 0 N–H and O–H groups in total. The van der Waals surface area contributed by atoms with Crippen LogP contribution in [0.3, 0.4) is 0 Å². The van der Waals surface area contributed by atoms with Crippen molar-refractivity contribution in [3.8, 4) is 0 Å². The fourth-order valence-electron chi connectivity index (χ4n) is 0.856. The lowest BCUT2D eigenvalue weighted by atomic mass is 10.1. The van der Waals surface area contributed by atoms with Crippen LogP contribution in [0.25, 0.3) is 0 Å². The van der Waals surface area contributed by atoms with E-state index in [1.165, 1.54) is 32.1 Å². The second kappa shape index (κ2) is 11.8. The van der Waals surface area contributed by atoms with E-state index in [1.54, 1.807) is 0 Å². The third-order valence-corrected chi connectivity index (χ3v) is 1.46. The molecule has 0 aliphatic rings. The summed E-state index contributed by atoms with van der Waals surface area (Å²) < 4.78 is 0. The molecule has 0 spiro atoms. The quantitative estimate of drug-likeness (QED) is 0.425. The monoisotopic (exact) mass is 160 g/mol. The van der Waals surface area contributed by atoms with Crippen molar-refractivity contribution in [2.45, 2.75) is 46.0 Å². The fraction of sp³-hybridized carbons (Fsp3) is 0.778. The highest BCUT2D eigenvalue weighted by atomic mass is 32.1. The smallest absolute Gasteiger partial charge is 0.0351 e. The molecule has 0 bridgehead atoms. The first-order valence-electron chi connectivity index (χ1n) is 4.03. The van der Waals surface area contributed by atoms with Gasteiger partial charge in [-0.2, -0.15) is 13.5 Å². The van der Waals surface area contributed by atoms with Crippen LogP contribution in [-0.4, -0.2) is 0 Å². The maximum absolute atomic E-state index is 2.25. The Bertz CT molecular complexity index is 67.1. The molecule has 10 heavy (non-hydrogen) atoms. The van der Waals surface area contributed by atoms with Gasteiger partial charge in [0.1, 0.15) is 0 Å². The summed E-state index contributed by atoms with van der Waals surface area (Å²) in [6, 6.07) is 0. The first-order chi connectivity index (χ1) is 4.41. The van der Waals surface area contributed by atoms with E-state index in [-0.39, 0.29) is 13.5 Å². The standard InChI is InChI=1S/C9H18.H2S/c1-3-5-7-9-8-6-4-2;/h3,5H,4,6-9H2,1-2H3;1H2. The zero-order valence-corrected chi connectivity index (χ0v) is 8.19. The highest BCUT2D eigenvalue weighted by molar-refractivity contribution is 7.59. The van der Waals surface area contributed by atoms with Crippen LogP contribution < -0.4 is 0 Å². The van der Waals surface area contributed by atoms with Crippen LogP contribution in [0, 0.1) is 0 Å². The third-order valence-electron chi connectivity index (χ3n) is 1.46. The van der Waals surface area contributed by atoms with Crippen molar-refractivity contribution in [1.82, 2.24) is 0 Å². The average molecular weight is 160 g/mol. The number of hydrogen-bond acceptors (Lipinski definition) is 0. The Morgan fingerprint density at radius 2 is 1.80 bits per heavy atom. The van der Waals surface area contributed by atoms with E-state index in [9.17, 15) is 0 Å². The van der Waals surface area contributed by atoms with Gasteiger partial charge in [0.2, 0.25) is 0 Å². The zero-order chi connectivity index (χ0) is 6.95. The van der Waals surface area contributed by atoms with E-state index in [4.69, 9.17) is 0 Å². The number of rotatable bonds is 5. The lowest BCUT2D eigenvalue weighted by molar-refractivity contribution is 0.674. The molecule has 0 aromatic carbocycles. The molecule has 0 atom stereocenters. The molecule has 0 heterocycles. The Morgan fingerprint density at radius 1 is 1.10 bits per heavy atom. The third kappa shape index (κ3) is 11.0. The minimum atomic E-state index is 0. The normalized spacial score (nSPS) is 9.80. The topological polar surface area (TPSA) is 0 Å². The van der Waals surface area contributed by atoms with E-state index in [0.29, 0.717) is 0 Å². The number of allylic oxidation sites excluding steroid dienone is 2.